The predicted octanol–water partition coefficient (Wildman–Crippen LogP) is 4.60. The van der Waals surface area contributed by atoms with Crippen molar-refractivity contribution in [2.45, 2.75) is 20.4 Å². The molecule has 3 aromatic rings. The lowest BCUT2D eigenvalue weighted by molar-refractivity contribution is -0.145. The van der Waals surface area contributed by atoms with E-state index in [1.165, 1.54) is 11.1 Å². The number of hydrogen-bond donors (Lipinski definition) is 0. The minimum absolute atomic E-state index is 0.200. The molecule has 2 amide bonds. The number of rotatable bonds is 6. The van der Waals surface area contributed by atoms with E-state index < -0.39 is 17.1 Å². The standard InChI is InChI=1S/C24H22N2O4S/c1-3-30-22(27)15-26-23(28)21(31-24(26)29)12-18-14-25(20-7-5-4-6-19(18)20)13-17-10-8-16(2)9-11-17/h4-12,14H,3,13,15H2,1-2H3/b21-12-. The number of esters is 1. The SMILES string of the molecule is CCOC(=O)CN1C(=O)S/C(=C\c2cn(Cc3ccc(C)cc3)c3ccccc23)C1=O. The fourth-order valence-corrected chi connectivity index (χ4v) is 4.35. The van der Waals surface area contributed by atoms with Crippen LogP contribution in [0.1, 0.15) is 23.6 Å². The minimum atomic E-state index is -0.597. The summed E-state index contributed by atoms with van der Waals surface area (Å²) in [4.78, 5) is 38.0. The Morgan fingerprint density at radius 3 is 2.58 bits per heavy atom. The first-order chi connectivity index (χ1) is 15.0. The number of amides is 2. The van der Waals surface area contributed by atoms with E-state index in [9.17, 15) is 14.4 Å². The Morgan fingerprint density at radius 2 is 1.84 bits per heavy atom. The molecule has 0 spiro atoms. The van der Waals surface area contributed by atoms with Gasteiger partial charge in [-0.25, -0.2) is 0 Å². The summed E-state index contributed by atoms with van der Waals surface area (Å²) in [6.07, 6.45) is 3.72. The Morgan fingerprint density at radius 1 is 1.10 bits per heavy atom. The van der Waals surface area contributed by atoms with Crippen LogP contribution >= 0.6 is 11.8 Å². The minimum Gasteiger partial charge on any atom is -0.465 e. The van der Waals surface area contributed by atoms with Crippen LogP contribution in [0.25, 0.3) is 17.0 Å². The van der Waals surface area contributed by atoms with Crippen molar-refractivity contribution in [3.8, 4) is 0 Å². The van der Waals surface area contributed by atoms with Crippen molar-refractivity contribution >= 4 is 45.9 Å². The highest BCUT2D eigenvalue weighted by atomic mass is 32.2. The van der Waals surface area contributed by atoms with Gasteiger partial charge in [0.15, 0.2) is 0 Å². The van der Waals surface area contributed by atoms with Crippen LogP contribution in [0.15, 0.2) is 59.6 Å². The first-order valence-corrected chi connectivity index (χ1v) is 10.8. The number of benzene rings is 2. The molecule has 2 aromatic carbocycles. The topological polar surface area (TPSA) is 68.6 Å². The lowest BCUT2D eigenvalue weighted by Crippen LogP contribution is -2.34. The average molecular weight is 435 g/mol. The monoisotopic (exact) mass is 434 g/mol. The molecule has 6 nitrogen and oxygen atoms in total. The van der Waals surface area contributed by atoms with Gasteiger partial charge < -0.3 is 9.30 Å². The summed E-state index contributed by atoms with van der Waals surface area (Å²) >= 11 is 0.842. The largest absolute Gasteiger partial charge is 0.465 e. The number of carbonyl (C=O) groups excluding carboxylic acids is 3. The fraction of sp³-hybridized carbons (Fsp3) is 0.208. The molecule has 1 aromatic heterocycles. The van der Waals surface area contributed by atoms with Crippen molar-refractivity contribution < 1.29 is 19.1 Å². The van der Waals surface area contributed by atoms with E-state index in [1.807, 2.05) is 30.5 Å². The van der Waals surface area contributed by atoms with Crippen molar-refractivity contribution in [2.24, 2.45) is 0 Å². The van der Waals surface area contributed by atoms with E-state index in [0.29, 0.717) is 11.4 Å². The molecule has 0 N–H and O–H groups in total. The average Bonchev–Trinajstić information content (AvgIpc) is 3.22. The van der Waals surface area contributed by atoms with E-state index in [-0.39, 0.29) is 13.2 Å². The van der Waals surface area contributed by atoms with Gasteiger partial charge in [-0.3, -0.25) is 19.3 Å². The van der Waals surface area contributed by atoms with Crippen LogP contribution in [-0.4, -0.2) is 39.7 Å². The molecule has 1 aliphatic rings. The Labute approximate surface area is 184 Å². The second kappa shape index (κ2) is 8.81. The highest BCUT2D eigenvalue weighted by Gasteiger charge is 2.36. The van der Waals surface area contributed by atoms with Gasteiger partial charge >= 0.3 is 5.97 Å². The van der Waals surface area contributed by atoms with Gasteiger partial charge in [-0.1, -0.05) is 48.0 Å². The third kappa shape index (κ3) is 4.41. The Kier molecular flexibility index (Phi) is 5.95. The molecule has 0 radical (unpaired) electrons. The van der Waals surface area contributed by atoms with E-state index in [2.05, 4.69) is 35.8 Å². The van der Waals surface area contributed by atoms with E-state index in [0.717, 1.165) is 33.1 Å². The van der Waals surface area contributed by atoms with Crippen LogP contribution in [-0.2, 0) is 20.9 Å². The summed E-state index contributed by atoms with van der Waals surface area (Å²) in [6, 6.07) is 16.3. The van der Waals surface area contributed by atoms with Crippen LogP contribution in [0.2, 0.25) is 0 Å². The number of imide groups is 1. The zero-order valence-corrected chi connectivity index (χ0v) is 18.1. The maximum atomic E-state index is 12.7. The van der Waals surface area contributed by atoms with Crippen molar-refractivity contribution in [2.75, 3.05) is 13.2 Å². The summed E-state index contributed by atoms with van der Waals surface area (Å²) in [6.45, 7) is 4.26. The summed E-state index contributed by atoms with van der Waals surface area (Å²) in [5.74, 6) is -1.07. The van der Waals surface area contributed by atoms with E-state index >= 15 is 0 Å². The number of aryl methyl sites for hydroxylation is 1. The van der Waals surface area contributed by atoms with Crippen LogP contribution in [0.5, 0.6) is 0 Å². The van der Waals surface area contributed by atoms with Crippen LogP contribution in [0.3, 0.4) is 0 Å². The Balaban J connectivity index is 1.65. The number of nitrogens with zero attached hydrogens (tertiary/aromatic N) is 2. The number of hydrogen-bond acceptors (Lipinski definition) is 5. The first-order valence-electron chi connectivity index (χ1n) is 10.0. The molecule has 2 heterocycles. The second-order valence-electron chi connectivity index (χ2n) is 7.29. The fourth-order valence-electron chi connectivity index (χ4n) is 3.52. The number of thioether (sulfide) groups is 1. The summed E-state index contributed by atoms with van der Waals surface area (Å²) in [5, 5.41) is 0.527. The molecular formula is C24H22N2O4S. The van der Waals surface area contributed by atoms with Gasteiger partial charge in [-0.15, -0.1) is 0 Å². The van der Waals surface area contributed by atoms with Gasteiger partial charge in [0.1, 0.15) is 6.54 Å². The molecular weight excluding hydrogens is 412 g/mol. The van der Waals surface area contributed by atoms with Crippen molar-refractivity contribution in [3.63, 3.8) is 0 Å². The maximum Gasteiger partial charge on any atom is 0.326 e. The van der Waals surface area contributed by atoms with Gasteiger partial charge in [0.2, 0.25) is 0 Å². The van der Waals surface area contributed by atoms with Crippen LogP contribution in [0, 0.1) is 6.92 Å². The van der Waals surface area contributed by atoms with Gasteiger partial charge in [0.25, 0.3) is 11.1 Å². The molecule has 158 valence electrons. The van der Waals surface area contributed by atoms with Crippen molar-refractivity contribution in [1.29, 1.82) is 0 Å². The molecule has 0 unspecified atom stereocenters. The lowest BCUT2D eigenvalue weighted by Gasteiger charge is -2.10. The number of ether oxygens (including phenoxy) is 1. The first kappa shape index (κ1) is 20.9. The molecule has 0 saturated carbocycles. The van der Waals surface area contributed by atoms with Gasteiger partial charge in [-0.2, -0.15) is 0 Å². The molecule has 31 heavy (non-hydrogen) atoms. The lowest BCUT2D eigenvalue weighted by atomic mass is 10.1. The molecule has 4 rings (SSSR count). The van der Waals surface area contributed by atoms with Crippen LogP contribution < -0.4 is 0 Å². The number of carbonyl (C=O) groups is 3. The third-order valence-corrected chi connectivity index (χ3v) is 5.95. The normalized spacial score (nSPS) is 15.3. The van der Waals surface area contributed by atoms with Crippen LogP contribution in [0.4, 0.5) is 4.79 Å². The van der Waals surface area contributed by atoms with Crippen molar-refractivity contribution in [1.82, 2.24) is 9.47 Å². The molecule has 1 fully saturated rings. The smallest absolute Gasteiger partial charge is 0.326 e. The highest BCUT2D eigenvalue weighted by molar-refractivity contribution is 8.18. The Bertz CT molecular complexity index is 1190. The number of aromatic nitrogens is 1. The van der Waals surface area contributed by atoms with Crippen molar-refractivity contribution in [3.05, 3.63) is 76.3 Å². The third-order valence-electron chi connectivity index (χ3n) is 5.05. The Hall–Kier alpha value is -3.32. The molecule has 1 saturated heterocycles. The number of para-hydroxylation sites is 1. The van der Waals surface area contributed by atoms with Gasteiger partial charge in [0, 0.05) is 29.2 Å². The quantitative estimate of drug-likeness (QED) is 0.419. The molecule has 0 atom stereocenters. The molecule has 7 heteroatoms. The summed E-state index contributed by atoms with van der Waals surface area (Å²) in [7, 11) is 0. The number of fused-ring (bicyclic) bond motifs is 1. The zero-order valence-electron chi connectivity index (χ0n) is 17.3. The van der Waals surface area contributed by atoms with Gasteiger partial charge in [-0.05, 0) is 43.3 Å². The predicted molar refractivity (Wildman–Crippen MR) is 122 cm³/mol. The molecule has 0 bridgehead atoms. The highest BCUT2D eigenvalue weighted by Crippen LogP contribution is 2.34. The van der Waals surface area contributed by atoms with Gasteiger partial charge in [0.05, 0.1) is 11.5 Å². The zero-order chi connectivity index (χ0) is 22.0. The summed E-state index contributed by atoms with van der Waals surface area (Å²) in [5.41, 5.74) is 4.28. The van der Waals surface area contributed by atoms with E-state index in [1.54, 1.807) is 13.0 Å². The maximum absolute atomic E-state index is 12.7. The molecule has 0 aliphatic carbocycles. The second-order valence-corrected chi connectivity index (χ2v) is 8.28. The summed E-state index contributed by atoms with van der Waals surface area (Å²) < 4.78 is 7.00. The molecule has 1 aliphatic heterocycles. The van der Waals surface area contributed by atoms with E-state index in [4.69, 9.17) is 4.74 Å².